The van der Waals surface area contributed by atoms with Crippen LogP contribution in [0.4, 0.5) is 5.69 Å². The third-order valence-corrected chi connectivity index (χ3v) is 2.91. The Balaban J connectivity index is 1.66. The van der Waals surface area contributed by atoms with Crippen LogP contribution < -0.4 is 10.9 Å². The average molecular weight is 222 g/mol. The molecule has 0 saturated carbocycles. The summed E-state index contributed by atoms with van der Waals surface area (Å²) in [5.74, 6) is 0. The molecule has 0 aliphatic heterocycles. The lowest BCUT2D eigenvalue weighted by Crippen LogP contribution is -2.20. The van der Waals surface area contributed by atoms with E-state index in [1.165, 1.54) is 16.8 Å². The van der Waals surface area contributed by atoms with E-state index in [1.54, 1.807) is 0 Å². The SMILES string of the molecule is C1=C(NNc2ccccc2)Cc2ccccc21. The van der Waals surface area contributed by atoms with Crippen LogP contribution in [0.3, 0.4) is 0 Å². The molecule has 2 aromatic rings. The Morgan fingerprint density at radius 1 is 0.765 bits per heavy atom. The number of allylic oxidation sites excluding steroid dienone is 1. The van der Waals surface area contributed by atoms with E-state index in [0.29, 0.717) is 0 Å². The molecule has 2 nitrogen and oxygen atoms in total. The fraction of sp³-hybridized carbons (Fsp3) is 0.0667. The zero-order valence-corrected chi connectivity index (χ0v) is 9.48. The van der Waals surface area contributed by atoms with E-state index in [4.69, 9.17) is 0 Å². The minimum atomic E-state index is 0.968. The molecular weight excluding hydrogens is 208 g/mol. The van der Waals surface area contributed by atoms with Crippen LogP contribution in [0.2, 0.25) is 0 Å². The number of hydrogen-bond donors (Lipinski definition) is 2. The molecule has 0 unspecified atom stereocenters. The zero-order valence-electron chi connectivity index (χ0n) is 9.48. The first kappa shape index (κ1) is 9.97. The van der Waals surface area contributed by atoms with Gasteiger partial charge in [-0.25, -0.2) is 0 Å². The van der Waals surface area contributed by atoms with Crippen LogP contribution in [-0.2, 0) is 6.42 Å². The van der Waals surface area contributed by atoms with Gasteiger partial charge in [-0.2, -0.15) is 0 Å². The van der Waals surface area contributed by atoms with Gasteiger partial charge in [-0.3, -0.25) is 0 Å². The second-order valence-corrected chi connectivity index (χ2v) is 4.16. The molecule has 0 bridgehead atoms. The predicted octanol–water partition coefficient (Wildman–Crippen LogP) is 3.20. The fourth-order valence-corrected chi connectivity index (χ4v) is 2.03. The number of para-hydroxylation sites is 1. The molecule has 0 atom stereocenters. The van der Waals surface area contributed by atoms with Crippen LogP contribution in [0.15, 0.2) is 60.3 Å². The molecule has 1 aliphatic carbocycles. The third-order valence-electron chi connectivity index (χ3n) is 2.91. The van der Waals surface area contributed by atoms with Crippen molar-refractivity contribution in [2.24, 2.45) is 0 Å². The molecule has 0 radical (unpaired) electrons. The molecule has 3 rings (SSSR count). The molecule has 0 fully saturated rings. The van der Waals surface area contributed by atoms with Crippen molar-refractivity contribution in [1.29, 1.82) is 0 Å². The molecule has 0 spiro atoms. The van der Waals surface area contributed by atoms with Gasteiger partial charge in [0.05, 0.1) is 5.69 Å². The van der Waals surface area contributed by atoms with Crippen molar-refractivity contribution in [3.8, 4) is 0 Å². The van der Waals surface area contributed by atoms with Crippen LogP contribution >= 0.6 is 0 Å². The highest BCUT2D eigenvalue weighted by Crippen LogP contribution is 2.22. The van der Waals surface area contributed by atoms with Gasteiger partial charge >= 0.3 is 0 Å². The number of rotatable bonds is 3. The minimum absolute atomic E-state index is 0.968. The average Bonchev–Trinajstić information content (AvgIpc) is 2.80. The molecule has 0 amide bonds. The minimum Gasteiger partial charge on any atom is -0.305 e. The molecule has 17 heavy (non-hydrogen) atoms. The maximum Gasteiger partial charge on any atom is 0.0539 e. The van der Waals surface area contributed by atoms with Gasteiger partial charge in [0.25, 0.3) is 0 Å². The smallest absolute Gasteiger partial charge is 0.0539 e. The number of nitrogens with one attached hydrogen (secondary N) is 2. The molecule has 1 aliphatic rings. The Hall–Kier alpha value is -2.22. The Morgan fingerprint density at radius 2 is 1.53 bits per heavy atom. The quantitative estimate of drug-likeness (QED) is 0.779. The van der Waals surface area contributed by atoms with Crippen molar-refractivity contribution in [3.63, 3.8) is 0 Å². The summed E-state index contributed by atoms with van der Waals surface area (Å²) in [6, 6.07) is 18.6. The molecular formula is C15H14N2. The number of benzene rings is 2. The van der Waals surface area contributed by atoms with Gasteiger partial charge in [0, 0.05) is 12.1 Å². The topological polar surface area (TPSA) is 24.1 Å². The largest absolute Gasteiger partial charge is 0.305 e. The van der Waals surface area contributed by atoms with Crippen LogP contribution in [0.5, 0.6) is 0 Å². The van der Waals surface area contributed by atoms with Crippen molar-refractivity contribution < 1.29 is 0 Å². The summed E-state index contributed by atoms with van der Waals surface area (Å²) in [7, 11) is 0. The highest BCUT2D eigenvalue weighted by molar-refractivity contribution is 5.63. The highest BCUT2D eigenvalue weighted by atomic mass is 15.4. The van der Waals surface area contributed by atoms with Gasteiger partial charge < -0.3 is 10.9 Å². The predicted molar refractivity (Wildman–Crippen MR) is 71.3 cm³/mol. The van der Waals surface area contributed by atoms with Crippen LogP contribution in [-0.4, -0.2) is 0 Å². The first-order valence-electron chi connectivity index (χ1n) is 5.77. The summed E-state index contributed by atoms with van der Waals surface area (Å²) in [5, 5.41) is 0. The Kier molecular flexibility index (Phi) is 2.54. The van der Waals surface area contributed by atoms with Crippen molar-refractivity contribution in [3.05, 3.63) is 71.4 Å². The highest BCUT2D eigenvalue weighted by Gasteiger charge is 2.10. The second kappa shape index (κ2) is 4.34. The number of hydrazine groups is 1. The summed E-state index contributed by atoms with van der Waals surface area (Å²) in [6.07, 6.45) is 3.15. The van der Waals surface area contributed by atoms with Gasteiger partial charge in [0.2, 0.25) is 0 Å². The molecule has 2 aromatic carbocycles. The van der Waals surface area contributed by atoms with E-state index in [1.807, 2.05) is 30.3 Å². The van der Waals surface area contributed by atoms with Gasteiger partial charge in [-0.15, -0.1) is 0 Å². The number of hydrogen-bond acceptors (Lipinski definition) is 2. The molecule has 84 valence electrons. The maximum atomic E-state index is 3.26. The zero-order chi connectivity index (χ0) is 11.5. The van der Waals surface area contributed by atoms with Gasteiger partial charge in [-0.05, 0) is 29.3 Å². The summed E-state index contributed by atoms with van der Waals surface area (Å²) >= 11 is 0. The lowest BCUT2D eigenvalue weighted by atomic mass is 10.1. The van der Waals surface area contributed by atoms with E-state index >= 15 is 0 Å². The lowest BCUT2D eigenvalue weighted by molar-refractivity contribution is 0.927. The summed E-state index contributed by atoms with van der Waals surface area (Å²) in [5.41, 5.74) is 11.4. The van der Waals surface area contributed by atoms with Crippen molar-refractivity contribution in [2.75, 3.05) is 5.43 Å². The fourth-order valence-electron chi connectivity index (χ4n) is 2.03. The van der Waals surface area contributed by atoms with Crippen LogP contribution in [0.25, 0.3) is 6.08 Å². The van der Waals surface area contributed by atoms with Gasteiger partial charge in [-0.1, -0.05) is 42.5 Å². The van der Waals surface area contributed by atoms with Gasteiger partial charge in [0.1, 0.15) is 0 Å². The number of fused-ring (bicyclic) bond motifs is 1. The molecule has 2 heteroatoms. The van der Waals surface area contributed by atoms with E-state index < -0.39 is 0 Å². The van der Waals surface area contributed by atoms with Crippen molar-refractivity contribution in [2.45, 2.75) is 6.42 Å². The Bertz CT molecular complexity index is 544. The van der Waals surface area contributed by atoms with E-state index in [0.717, 1.165) is 12.1 Å². The van der Waals surface area contributed by atoms with E-state index in [-0.39, 0.29) is 0 Å². The van der Waals surface area contributed by atoms with Gasteiger partial charge in [0.15, 0.2) is 0 Å². The number of anilines is 1. The molecule has 2 N–H and O–H groups in total. The van der Waals surface area contributed by atoms with Crippen LogP contribution in [0, 0.1) is 0 Å². The van der Waals surface area contributed by atoms with Crippen LogP contribution in [0.1, 0.15) is 11.1 Å². The molecule has 0 aromatic heterocycles. The van der Waals surface area contributed by atoms with Crippen molar-refractivity contribution >= 4 is 11.8 Å². The first-order chi connectivity index (χ1) is 8.42. The summed E-state index contributed by atoms with van der Waals surface area (Å²) in [4.78, 5) is 0. The normalized spacial score (nSPS) is 12.8. The summed E-state index contributed by atoms with van der Waals surface area (Å²) < 4.78 is 0. The lowest BCUT2D eigenvalue weighted by Gasteiger charge is -2.09. The molecule has 0 heterocycles. The standard InChI is InChI=1S/C15H14N2/c1-2-8-14(9-3-1)16-17-15-10-12-6-4-5-7-13(12)11-15/h1-10,16-17H,11H2. The Labute approximate surface area is 101 Å². The Morgan fingerprint density at radius 3 is 2.35 bits per heavy atom. The van der Waals surface area contributed by atoms with E-state index in [9.17, 15) is 0 Å². The van der Waals surface area contributed by atoms with E-state index in [2.05, 4.69) is 41.2 Å². The third kappa shape index (κ3) is 2.16. The second-order valence-electron chi connectivity index (χ2n) is 4.16. The summed E-state index contributed by atoms with van der Waals surface area (Å²) in [6.45, 7) is 0. The first-order valence-corrected chi connectivity index (χ1v) is 5.77. The maximum absolute atomic E-state index is 3.26. The monoisotopic (exact) mass is 222 g/mol. The molecule has 0 saturated heterocycles. The van der Waals surface area contributed by atoms with Crippen molar-refractivity contribution in [1.82, 2.24) is 5.43 Å².